The molecule has 3 N–H and O–H groups in total. The molecule has 3 amide bonds. The third-order valence-corrected chi connectivity index (χ3v) is 22.5. The van der Waals surface area contributed by atoms with Crippen LogP contribution in [0.4, 0.5) is 0 Å². The van der Waals surface area contributed by atoms with Crippen LogP contribution in [0.25, 0.3) is 52.0 Å². The molecule has 1 fully saturated rings. The highest BCUT2D eigenvalue weighted by molar-refractivity contribution is 6.33. The molecule has 108 heavy (non-hydrogen) atoms. The van der Waals surface area contributed by atoms with Gasteiger partial charge >= 0.3 is 0 Å². The molecule has 15 rings (SSSR count). The topological polar surface area (TPSA) is 141 Å². The molecular formula is C90H87Cl6N9O3. The zero-order valence-corrected chi connectivity index (χ0v) is 65.4. The van der Waals surface area contributed by atoms with Gasteiger partial charge < -0.3 is 16.0 Å². The number of nitrogens with zero attached hydrogens (tertiary/aromatic N) is 6. The highest BCUT2D eigenvalue weighted by Gasteiger charge is 2.33. The zero-order valence-electron chi connectivity index (χ0n) is 60.9. The number of hydrogen-bond acceptors (Lipinski definition) is 6. The van der Waals surface area contributed by atoms with E-state index in [-0.39, 0.29) is 35.8 Å². The third-order valence-electron chi connectivity index (χ3n) is 20.8. The molecule has 0 radical (unpaired) electrons. The third kappa shape index (κ3) is 18.5. The maximum absolute atomic E-state index is 13.7. The van der Waals surface area contributed by atoms with Crippen molar-refractivity contribution in [3.63, 3.8) is 0 Å². The Bertz CT molecular complexity index is 4860. The number of carbonyl (C=O) groups is 3. The lowest BCUT2D eigenvalue weighted by Crippen LogP contribution is -2.39. The highest BCUT2D eigenvalue weighted by Crippen LogP contribution is 2.41. The Labute approximate surface area is 663 Å². The van der Waals surface area contributed by atoms with E-state index < -0.39 is 0 Å². The van der Waals surface area contributed by atoms with Gasteiger partial charge in [-0.05, 0) is 252 Å². The minimum absolute atomic E-state index is 0.0807. The van der Waals surface area contributed by atoms with Crippen molar-refractivity contribution in [1.82, 2.24) is 45.3 Å². The second kappa shape index (κ2) is 36.3. The van der Waals surface area contributed by atoms with E-state index in [1.807, 2.05) is 234 Å². The second-order valence-corrected chi connectivity index (χ2v) is 30.8. The second-order valence-electron chi connectivity index (χ2n) is 28.3. The fourth-order valence-electron chi connectivity index (χ4n) is 15.1. The van der Waals surface area contributed by atoms with Crippen LogP contribution in [0.3, 0.4) is 0 Å². The van der Waals surface area contributed by atoms with Crippen molar-refractivity contribution in [2.75, 3.05) is 0 Å². The van der Waals surface area contributed by atoms with Gasteiger partial charge in [0.1, 0.15) is 0 Å². The molecule has 0 saturated heterocycles. The summed E-state index contributed by atoms with van der Waals surface area (Å²) in [6.45, 7) is 6.12. The minimum Gasteiger partial charge on any atom is -0.348 e. The first kappa shape index (κ1) is 76.9. The first-order chi connectivity index (χ1) is 52.5. The molecule has 0 aliphatic heterocycles. The van der Waals surface area contributed by atoms with Gasteiger partial charge in [-0.1, -0.05) is 222 Å². The lowest BCUT2D eigenvalue weighted by molar-refractivity contribution is 0.0908. The summed E-state index contributed by atoms with van der Waals surface area (Å²) in [6.07, 6.45) is 23.8. The number of benzene rings is 8. The number of carbonyl (C=O) groups excluding carboxylic acids is 3. The summed E-state index contributed by atoms with van der Waals surface area (Å²) in [5, 5.41) is 28.2. The van der Waals surface area contributed by atoms with E-state index in [4.69, 9.17) is 84.9 Å². The lowest BCUT2D eigenvalue weighted by Gasteiger charge is -2.28. The number of halogens is 6. The van der Waals surface area contributed by atoms with E-state index in [1.54, 1.807) is 0 Å². The van der Waals surface area contributed by atoms with Crippen LogP contribution in [-0.4, -0.2) is 53.1 Å². The first-order valence-corrected chi connectivity index (χ1v) is 39.8. The van der Waals surface area contributed by atoms with Gasteiger partial charge in [-0.2, -0.15) is 15.3 Å². The number of nitrogens with one attached hydrogen (secondary N) is 3. The van der Waals surface area contributed by atoms with Crippen LogP contribution < -0.4 is 16.0 Å². The molecule has 552 valence electrons. The number of hydrogen-bond donors (Lipinski definition) is 3. The number of aromatic nitrogens is 6. The monoisotopic (exact) mass is 1550 g/mol. The summed E-state index contributed by atoms with van der Waals surface area (Å²) in [7, 11) is 0. The van der Waals surface area contributed by atoms with Crippen LogP contribution in [-0.2, 0) is 19.3 Å². The largest absolute Gasteiger partial charge is 0.348 e. The maximum Gasteiger partial charge on any atom is 0.272 e. The van der Waals surface area contributed by atoms with Crippen LogP contribution in [0.1, 0.15) is 216 Å². The molecule has 4 aliphatic rings. The predicted octanol–water partition coefficient (Wildman–Crippen LogP) is 24.0. The van der Waals surface area contributed by atoms with E-state index in [9.17, 15) is 14.4 Å². The molecule has 3 aromatic heterocycles. The van der Waals surface area contributed by atoms with Crippen LogP contribution in [0.15, 0.2) is 206 Å². The van der Waals surface area contributed by atoms with E-state index in [2.05, 4.69) is 41.1 Å². The van der Waals surface area contributed by atoms with Gasteiger partial charge in [-0.25, -0.2) is 14.0 Å². The van der Waals surface area contributed by atoms with Gasteiger partial charge in [0.05, 0.1) is 61.3 Å². The average Bonchev–Trinajstić information content (AvgIpc) is 1.63. The fourth-order valence-corrected chi connectivity index (χ4v) is 16.1. The van der Waals surface area contributed by atoms with Gasteiger partial charge in [-0.3, -0.25) is 14.4 Å². The molecule has 0 spiro atoms. The Balaban J connectivity index is 0.000000143. The van der Waals surface area contributed by atoms with Crippen LogP contribution in [0.2, 0.25) is 30.1 Å². The summed E-state index contributed by atoms with van der Waals surface area (Å²) < 4.78 is 5.60. The van der Waals surface area contributed by atoms with Gasteiger partial charge in [0.25, 0.3) is 17.7 Å². The average molecular weight is 1560 g/mol. The number of para-hydroxylation sites is 3. The molecule has 8 aromatic carbocycles. The Hall–Kier alpha value is -9.24. The summed E-state index contributed by atoms with van der Waals surface area (Å²) in [5.74, 6) is 0.0949. The highest BCUT2D eigenvalue weighted by atomic mass is 35.5. The minimum atomic E-state index is -0.179. The molecule has 11 aromatic rings. The molecule has 3 atom stereocenters. The predicted molar refractivity (Wildman–Crippen MR) is 445 cm³/mol. The van der Waals surface area contributed by atoms with Gasteiger partial charge in [0, 0.05) is 37.8 Å². The van der Waals surface area contributed by atoms with Crippen LogP contribution >= 0.6 is 69.6 Å². The number of allylic oxidation sites excluding steroid dienone is 3. The smallest absolute Gasteiger partial charge is 0.272 e. The van der Waals surface area contributed by atoms with E-state index in [0.717, 1.165) is 172 Å². The summed E-state index contributed by atoms with van der Waals surface area (Å²) >= 11 is 38.3. The summed E-state index contributed by atoms with van der Waals surface area (Å²) in [5.41, 5.74) is 18.3. The number of rotatable bonds is 15. The van der Waals surface area contributed by atoms with Crippen molar-refractivity contribution in [2.45, 2.75) is 148 Å². The van der Waals surface area contributed by atoms with Crippen molar-refractivity contribution < 1.29 is 14.4 Å². The number of fused-ring (bicyclic) bond motifs is 3. The maximum atomic E-state index is 13.7. The Morgan fingerprint density at radius 2 is 0.639 bits per heavy atom. The fraction of sp³-hybridized carbons (Fsp3) is 0.267. The zero-order chi connectivity index (χ0) is 75.2. The van der Waals surface area contributed by atoms with Crippen molar-refractivity contribution in [1.29, 1.82) is 0 Å². The van der Waals surface area contributed by atoms with Crippen molar-refractivity contribution in [2.24, 2.45) is 5.92 Å². The van der Waals surface area contributed by atoms with Crippen molar-refractivity contribution in [3.8, 4) is 17.1 Å². The molecule has 1 saturated carbocycles. The standard InChI is InChI=1S/C30H33Cl2N3O.2C30H27Cl2N3O/c3*1-20(22-9-3-2-4-10-22)33-30(36)28-25-12-6-5-11-23(19-21-15-17-24(31)18-16-21)29(25)35(34-28)27-14-8-7-13-26(27)32/h7-8,13-20,22H,2-6,9-12H2,1H3,(H,33,36);2*2-4,7-10,13-20H,5-6,11-12H2,1H3,(H,33,36)/b3*23-19+/t3*20-/m110/s1. The van der Waals surface area contributed by atoms with Gasteiger partial charge in [-0.15, -0.1) is 0 Å². The normalized spacial score (nSPS) is 16.3. The molecule has 3 heterocycles. The molecule has 0 bridgehead atoms. The quantitative estimate of drug-likeness (QED) is 0.0873. The van der Waals surface area contributed by atoms with Crippen molar-refractivity contribution in [3.05, 3.63) is 315 Å². The van der Waals surface area contributed by atoms with E-state index >= 15 is 0 Å². The molecule has 4 aliphatic carbocycles. The summed E-state index contributed by atoms with van der Waals surface area (Å²) in [4.78, 5) is 40.8. The Kier molecular flexibility index (Phi) is 25.9. The van der Waals surface area contributed by atoms with Crippen molar-refractivity contribution >= 4 is 122 Å². The Morgan fingerprint density at radius 3 is 0.954 bits per heavy atom. The van der Waals surface area contributed by atoms with Crippen LogP contribution in [0, 0.1) is 5.92 Å². The SMILES string of the molecule is C[C@@H](NC(=O)c1nn(-c2ccccc2Cl)c2c1CCCC/C2=C\c1ccc(Cl)cc1)C1CCCCC1.C[C@@H](NC(=O)c1nn(-c2ccccc2Cl)c2c1CCCC/C2=C\c1ccc(Cl)cc1)c1ccccc1.C[C@H](NC(=O)c1nn(-c2ccccc2Cl)c2c1CCCC/C2=C\c1ccc(Cl)cc1)c1ccccc1. The van der Waals surface area contributed by atoms with Crippen LogP contribution in [0.5, 0.6) is 0 Å². The lowest BCUT2D eigenvalue weighted by atomic mass is 9.84. The molecule has 0 unspecified atom stereocenters. The van der Waals surface area contributed by atoms with E-state index in [1.165, 1.54) is 32.1 Å². The van der Waals surface area contributed by atoms with E-state index in [0.29, 0.717) is 53.1 Å². The van der Waals surface area contributed by atoms with Gasteiger partial charge in [0.2, 0.25) is 0 Å². The number of amides is 3. The summed E-state index contributed by atoms with van der Waals surface area (Å²) in [6, 6.07) is 66.1. The first-order valence-electron chi connectivity index (χ1n) is 37.6. The molecular weight excluding hydrogens is 1470 g/mol. The Morgan fingerprint density at radius 1 is 0.352 bits per heavy atom. The molecule has 12 nitrogen and oxygen atoms in total. The van der Waals surface area contributed by atoms with Gasteiger partial charge in [0.15, 0.2) is 17.1 Å². The molecule has 18 heteroatoms.